The number of hydrogen-bond acceptors (Lipinski definition) is 7. The standard InChI is InChI=1S/C32H32Cl2FN5O4/c1-17-13-23(32(43)40(2)39-17)30(42)37-26-15-19(35)14-22(29(26)34)20-7-6-8-21(28(20)33)24-12-11-18(31(38-24)44-3)16-36-25-9-4-5-10-27(25)41/h6-8,11-15,25,27,36,41H,4-5,9-10,16H2,1-3H3,(H,37,42)/t25?,27-/m0/s1. The second-order valence-electron chi connectivity index (χ2n) is 10.8. The van der Waals surface area contributed by atoms with Crippen molar-refractivity contribution in [1.82, 2.24) is 20.1 Å². The van der Waals surface area contributed by atoms with Crippen LogP contribution in [0.15, 0.2) is 53.3 Å². The Bertz CT molecular complexity index is 1780. The van der Waals surface area contributed by atoms with Crippen LogP contribution in [0.25, 0.3) is 22.4 Å². The molecule has 9 nitrogen and oxygen atoms in total. The van der Waals surface area contributed by atoms with Gasteiger partial charge in [-0.15, -0.1) is 0 Å². The van der Waals surface area contributed by atoms with E-state index < -0.39 is 17.3 Å². The van der Waals surface area contributed by atoms with Crippen molar-refractivity contribution in [2.75, 3.05) is 12.4 Å². The van der Waals surface area contributed by atoms with E-state index in [-0.39, 0.29) is 39.0 Å². The van der Waals surface area contributed by atoms with Crippen LogP contribution < -0.4 is 20.9 Å². The summed E-state index contributed by atoms with van der Waals surface area (Å²) in [6.45, 7) is 2.13. The van der Waals surface area contributed by atoms with Gasteiger partial charge in [-0.3, -0.25) is 9.59 Å². The van der Waals surface area contributed by atoms with Gasteiger partial charge in [-0.25, -0.2) is 14.1 Å². The minimum Gasteiger partial charge on any atom is -0.481 e. The minimum atomic E-state index is -0.752. The Morgan fingerprint density at radius 3 is 2.59 bits per heavy atom. The number of aliphatic hydroxyl groups excluding tert-OH is 1. The lowest BCUT2D eigenvalue weighted by atomic mass is 9.92. The molecule has 1 fully saturated rings. The van der Waals surface area contributed by atoms with Gasteiger partial charge in [0.25, 0.3) is 11.5 Å². The lowest BCUT2D eigenvalue weighted by Gasteiger charge is -2.28. The largest absolute Gasteiger partial charge is 0.481 e. The smallest absolute Gasteiger partial charge is 0.279 e. The molecule has 1 amide bonds. The third-order valence-electron chi connectivity index (χ3n) is 7.70. The number of benzene rings is 2. The predicted octanol–water partition coefficient (Wildman–Crippen LogP) is 5.92. The van der Waals surface area contributed by atoms with Crippen molar-refractivity contribution in [1.29, 1.82) is 0 Å². The molecule has 0 radical (unpaired) electrons. The molecule has 0 aliphatic heterocycles. The van der Waals surface area contributed by atoms with E-state index >= 15 is 0 Å². The minimum absolute atomic E-state index is 0.0177. The quantitative estimate of drug-likeness (QED) is 0.219. The molecule has 0 spiro atoms. The molecule has 5 rings (SSSR count). The van der Waals surface area contributed by atoms with Crippen molar-refractivity contribution in [3.05, 3.63) is 91.6 Å². The monoisotopic (exact) mass is 639 g/mol. The first kappa shape index (κ1) is 31.6. The Morgan fingerprint density at radius 1 is 1.09 bits per heavy atom. The molecule has 3 N–H and O–H groups in total. The SMILES string of the molecule is COc1nc(-c2cccc(-c3cc(F)cc(NC(=O)c4cc(C)nn(C)c4=O)c3Cl)c2Cl)ccc1CNC1CCCC[C@@H]1O. The summed E-state index contributed by atoms with van der Waals surface area (Å²) >= 11 is 13.6. The van der Waals surface area contributed by atoms with Crippen LogP contribution in [-0.2, 0) is 13.6 Å². The number of nitrogens with one attached hydrogen (secondary N) is 2. The second kappa shape index (κ2) is 13.4. The van der Waals surface area contributed by atoms with Crippen LogP contribution in [0, 0.1) is 12.7 Å². The van der Waals surface area contributed by atoms with E-state index in [0.717, 1.165) is 42.0 Å². The molecule has 2 heterocycles. The number of aliphatic hydroxyl groups is 1. The van der Waals surface area contributed by atoms with E-state index in [1.807, 2.05) is 12.1 Å². The summed E-state index contributed by atoms with van der Waals surface area (Å²) in [6, 6.07) is 12.6. The van der Waals surface area contributed by atoms with E-state index in [1.54, 1.807) is 25.1 Å². The third kappa shape index (κ3) is 6.63. The van der Waals surface area contributed by atoms with Crippen molar-refractivity contribution in [3.8, 4) is 28.3 Å². The molecular weight excluding hydrogens is 608 g/mol. The second-order valence-corrected chi connectivity index (χ2v) is 11.5. The number of methoxy groups -OCH3 is 1. The predicted molar refractivity (Wildman–Crippen MR) is 169 cm³/mol. The number of carbonyl (C=O) groups is 1. The number of aryl methyl sites for hydroxylation is 2. The van der Waals surface area contributed by atoms with E-state index in [0.29, 0.717) is 34.9 Å². The number of carbonyl (C=O) groups excluding carboxylic acids is 1. The number of pyridine rings is 1. The summed E-state index contributed by atoms with van der Waals surface area (Å²) in [6.07, 6.45) is 3.43. The van der Waals surface area contributed by atoms with Crippen LogP contribution in [0.3, 0.4) is 0 Å². The lowest BCUT2D eigenvalue weighted by Crippen LogP contribution is -2.41. The average molecular weight is 641 g/mol. The highest BCUT2D eigenvalue weighted by Crippen LogP contribution is 2.42. The molecule has 2 aromatic carbocycles. The third-order valence-corrected chi connectivity index (χ3v) is 8.51. The zero-order chi connectivity index (χ0) is 31.5. The Balaban J connectivity index is 1.45. The molecule has 12 heteroatoms. The van der Waals surface area contributed by atoms with E-state index in [1.165, 1.54) is 26.3 Å². The maximum atomic E-state index is 14.9. The van der Waals surface area contributed by atoms with Crippen LogP contribution >= 0.6 is 23.2 Å². The molecule has 1 saturated carbocycles. The number of ether oxygens (including phenoxy) is 1. The van der Waals surface area contributed by atoms with Crippen LogP contribution in [0.2, 0.25) is 10.0 Å². The zero-order valence-electron chi connectivity index (χ0n) is 24.5. The zero-order valence-corrected chi connectivity index (χ0v) is 26.0. The number of halogens is 3. The highest BCUT2D eigenvalue weighted by molar-refractivity contribution is 6.39. The van der Waals surface area contributed by atoms with Crippen molar-refractivity contribution in [2.45, 2.75) is 51.3 Å². The first-order valence-electron chi connectivity index (χ1n) is 14.2. The Morgan fingerprint density at radius 2 is 1.84 bits per heavy atom. The van der Waals surface area contributed by atoms with Gasteiger partial charge in [-0.05, 0) is 44.0 Å². The fourth-order valence-corrected chi connectivity index (χ4v) is 6.03. The van der Waals surface area contributed by atoms with Crippen molar-refractivity contribution < 1.29 is 19.0 Å². The average Bonchev–Trinajstić information content (AvgIpc) is 3.00. The first-order valence-corrected chi connectivity index (χ1v) is 14.9. The highest BCUT2D eigenvalue weighted by Gasteiger charge is 2.24. The topological polar surface area (TPSA) is 118 Å². The van der Waals surface area contributed by atoms with Crippen LogP contribution in [-0.4, -0.2) is 45.0 Å². The maximum absolute atomic E-state index is 14.9. The van der Waals surface area contributed by atoms with Crippen LogP contribution in [0.5, 0.6) is 5.88 Å². The lowest BCUT2D eigenvalue weighted by molar-refractivity contribution is 0.0901. The summed E-state index contributed by atoms with van der Waals surface area (Å²) in [7, 11) is 2.97. The summed E-state index contributed by atoms with van der Waals surface area (Å²) in [4.78, 5) is 30.2. The molecule has 230 valence electrons. The van der Waals surface area contributed by atoms with E-state index in [4.69, 9.17) is 27.9 Å². The number of anilines is 1. The molecule has 1 unspecified atom stereocenters. The summed E-state index contributed by atoms with van der Waals surface area (Å²) in [5.41, 5.74) is 2.25. The van der Waals surface area contributed by atoms with Crippen LogP contribution in [0.1, 0.15) is 47.3 Å². The van der Waals surface area contributed by atoms with Gasteiger partial charge < -0.3 is 20.5 Å². The maximum Gasteiger partial charge on any atom is 0.279 e. The first-order chi connectivity index (χ1) is 21.1. The Hall–Kier alpha value is -3.83. The van der Waals surface area contributed by atoms with Gasteiger partial charge in [-0.2, -0.15) is 5.10 Å². The number of rotatable bonds is 8. The van der Waals surface area contributed by atoms with Gasteiger partial charge in [0.15, 0.2) is 0 Å². The number of amides is 1. The number of nitrogens with zero attached hydrogens (tertiary/aromatic N) is 3. The van der Waals surface area contributed by atoms with Gasteiger partial charge in [0, 0.05) is 41.9 Å². The van der Waals surface area contributed by atoms with Crippen LogP contribution in [0.4, 0.5) is 10.1 Å². The molecule has 4 aromatic rings. The molecule has 1 aliphatic carbocycles. The fraction of sp³-hybridized carbons (Fsp3) is 0.312. The molecule has 44 heavy (non-hydrogen) atoms. The Kier molecular flexibility index (Phi) is 9.65. The van der Waals surface area contributed by atoms with Gasteiger partial charge >= 0.3 is 0 Å². The van der Waals surface area contributed by atoms with Gasteiger partial charge in [0.1, 0.15) is 11.4 Å². The number of hydrogen-bond donors (Lipinski definition) is 3. The van der Waals surface area contributed by atoms with Gasteiger partial charge in [0.2, 0.25) is 5.88 Å². The molecular formula is C32H32Cl2FN5O4. The van der Waals surface area contributed by atoms with Gasteiger partial charge in [0.05, 0.1) is 40.3 Å². The number of aromatic nitrogens is 3. The molecule has 0 bridgehead atoms. The summed E-state index contributed by atoms with van der Waals surface area (Å²) in [5.74, 6) is -1.01. The molecule has 1 aliphatic rings. The van der Waals surface area contributed by atoms with Gasteiger partial charge in [-0.1, -0.05) is 60.3 Å². The van der Waals surface area contributed by atoms with E-state index in [2.05, 4.69) is 20.7 Å². The van der Waals surface area contributed by atoms with Crippen molar-refractivity contribution in [2.24, 2.45) is 7.05 Å². The van der Waals surface area contributed by atoms with Crippen molar-refractivity contribution in [3.63, 3.8) is 0 Å². The normalized spacial score (nSPS) is 16.5. The molecule has 2 atom stereocenters. The summed E-state index contributed by atoms with van der Waals surface area (Å²) < 4.78 is 21.5. The molecule has 0 saturated heterocycles. The fourth-order valence-electron chi connectivity index (χ4n) is 5.44. The van der Waals surface area contributed by atoms with Crippen molar-refractivity contribution >= 4 is 34.8 Å². The highest BCUT2D eigenvalue weighted by atomic mass is 35.5. The molecule has 2 aromatic heterocycles. The van der Waals surface area contributed by atoms with E-state index in [9.17, 15) is 19.1 Å². The summed E-state index contributed by atoms with van der Waals surface area (Å²) in [5, 5.41) is 20.6. The Labute approximate surface area is 264 Å².